The van der Waals surface area contributed by atoms with Crippen molar-refractivity contribution in [3.63, 3.8) is 0 Å². The molecule has 3 heterocycles. The number of nitrogens with zero attached hydrogens (tertiary/aromatic N) is 2. The number of urea groups is 1. The minimum absolute atomic E-state index is 0.0753. The first kappa shape index (κ1) is 21.8. The number of anilines is 1. The van der Waals surface area contributed by atoms with E-state index >= 15 is 0 Å². The summed E-state index contributed by atoms with van der Waals surface area (Å²) >= 11 is 0. The third-order valence-electron chi connectivity index (χ3n) is 5.60. The van der Waals surface area contributed by atoms with Crippen molar-refractivity contribution < 1.29 is 23.9 Å². The van der Waals surface area contributed by atoms with Crippen LogP contribution in [0.15, 0.2) is 40.9 Å². The number of ether oxygens (including phenoxy) is 2. The molecule has 0 radical (unpaired) electrons. The van der Waals surface area contributed by atoms with E-state index < -0.39 is 12.2 Å². The van der Waals surface area contributed by atoms with Crippen LogP contribution in [0.5, 0.6) is 0 Å². The van der Waals surface area contributed by atoms with Gasteiger partial charge in [0, 0.05) is 37.8 Å². The highest BCUT2D eigenvalue weighted by Gasteiger charge is 2.31. The van der Waals surface area contributed by atoms with Crippen LogP contribution in [0.3, 0.4) is 0 Å². The third kappa shape index (κ3) is 6.51. The SMILES string of the molecule is O=C(NC[C@H]1O[C@H](Cc2cc(CN3CCOCC3)on2)CC[C@@H]1O)Nc1ccccc1. The molecule has 168 valence electrons. The summed E-state index contributed by atoms with van der Waals surface area (Å²) < 4.78 is 16.9. The molecular formula is C22H30N4O5. The Bertz CT molecular complexity index is 824. The van der Waals surface area contributed by atoms with Gasteiger partial charge in [-0.2, -0.15) is 0 Å². The van der Waals surface area contributed by atoms with Crippen molar-refractivity contribution in [2.24, 2.45) is 0 Å². The first-order chi connectivity index (χ1) is 15.2. The lowest BCUT2D eigenvalue weighted by molar-refractivity contribution is -0.113. The lowest BCUT2D eigenvalue weighted by Gasteiger charge is -2.33. The lowest BCUT2D eigenvalue weighted by Crippen LogP contribution is -2.47. The Morgan fingerprint density at radius 3 is 2.81 bits per heavy atom. The van der Waals surface area contributed by atoms with Crippen molar-refractivity contribution in [3.05, 3.63) is 47.9 Å². The van der Waals surface area contributed by atoms with Gasteiger partial charge in [0.1, 0.15) is 6.10 Å². The molecule has 0 spiro atoms. The Morgan fingerprint density at radius 2 is 2.00 bits per heavy atom. The second-order valence-corrected chi connectivity index (χ2v) is 8.02. The number of hydrogen-bond acceptors (Lipinski definition) is 7. The van der Waals surface area contributed by atoms with Crippen molar-refractivity contribution in [2.75, 3.05) is 38.2 Å². The normalized spacial score (nSPS) is 24.6. The fraction of sp³-hybridized carbons (Fsp3) is 0.545. The fourth-order valence-corrected chi connectivity index (χ4v) is 3.91. The zero-order chi connectivity index (χ0) is 21.5. The average Bonchev–Trinajstić information content (AvgIpc) is 3.22. The molecule has 3 atom stereocenters. The molecule has 0 aliphatic carbocycles. The molecule has 3 N–H and O–H groups in total. The monoisotopic (exact) mass is 430 g/mol. The average molecular weight is 431 g/mol. The van der Waals surface area contributed by atoms with Gasteiger partial charge in [-0.15, -0.1) is 0 Å². The topological polar surface area (TPSA) is 109 Å². The predicted molar refractivity (Wildman–Crippen MR) is 114 cm³/mol. The van der Waals surface area contributed by atoms with E-state index in [4.69, 9.17) is 14.0 Å². The number of carbonyl (C=O) groups is 1. The summed E-state index contributed by atoms with van der Waals surface area (Å²) in [6.45, 7) is 4.25. The molecule has 0 saturated carbocycles. The van der Waals surface area contributed by atoms with Crippen molar-refractivity contribution >= 4 is 11.7 Å². The molecule has 9 heteroatoms. The van der Waals surface area contributed by atoms with Crippen LogP contribution in [0.1, 0.15) is 24.3 Å². The van der Waals surface area contributed by atoms with Gasteiger partial charge in [0.05, 0.1) is 37.7 Å². The number of aromatic nitrogens is 1. The molecule has 0 unspecified atom stereocenters. The molecule has 2 amide bonds. The maximum atomic E-state index is 12.1. The van der Waals surface area contributed by atoms with Crippen LogP contribution in [-0.4, -0.2) is 72.4 Å². The highest BCUT2D eigenvalue weighted by Crippen LogP contribution is 2.23. The summed E-state index contributed by atoms with van der Waals surface area (Å²) in [5.74, 6) is 0.837. The zero-order valence-electron chi connectivity index (χ0n) is 17.5. The summed E-state index contributed by atoms with van der Waals surface area (Å²) in [4.78, 5) is 14.4. The van der Waals surface area contributed by atoms with Gasteiger partial charge < -0.3 is 29.7 Å². The molecule has 2 saturated heterocycles. The standard InChI is InChI=1S/C22H30N4O5/c27-20-7-6-18(12-17-13-19(31-25-17)15-26-8-10-29-11-9-26)30-21(20)14-23-22(28)24-16-4-2-1-3-5-16/h1-5,13,18,20-21,27H,6-12,14-15H2,(H2,23,24,28)/t18-,20-,21+/m0/s1. The van der Waals surface area contributed by atoms with E-state index in [1.165, 1.54) is 0 Å². The number of aliphatic hydroxyl groups is 1. The molecule has 0 bridgehead atoms. The number of amides is 2. The third-order valence-corrected chi connectivity index (χ3v) is 5.60. The predicted octanol–water partition coefficient (Wildman–Crippen LogP) is 1.78. The van der Waals surface area contributed by atoms with Crippen LogP contribution in [0.2, 0.25) is 0 Å². The molecule has 9 nitrogen and oxygen atoms in total. The van der Waals surface area contributed by atoms with E-state index in [1.807, 2.05) is 36.4 Å². The Labute approximate surface area is 181 Å². The van der Waals surface area contributed by atoms with Crippen LogP contribution in [-0.2, 0) is 22.4 Å². The highest BCUT2D eigenvalue weighted by molar-refractivity contribution is 5.89. The highest BCUT2D eigenvalue weighted by atomic mass is 16.5. The molecule has 1 aromatic carbocycles. The maximum Gasteiger partial charge on any atom is 0.319 e. The Morgan fingerprint density at radius 1 is 1.19 bits per heavy atom. The lowest BCUT2D eigenvalue weighted by atomic mass is 9.98. The molecule has 2 aliphatic heterocycles. The first-order valence-corrected chi connectivity index (χ1v) is 10.8. The van der Waals surface area contributed by atoms with Gasteiger partial charge in [0.15, 0.2) is 5.76 Å². The number of carbonyl (C=O) groups excluding carboxylic acids is 1. The van der Waals surface area contributed by atoms with Crippen LogP contribution < -0.4 is 10.6 Å². The van der Waals surface area contributed by atoms with E-state index in [9.17, 15) is 9.90 Å². The van der Waals surface area contributed by atoms with E-state index in [-0.39, 0.29) is 18.7 Å². The fourth-order valence-electron chi connectivity index (χ4n) is 3.91. The van der Waals surface area contributed by atoms with E-state index in [0.717, 1.165) is 50.7 Å². The van der Waals surface area contributed by atoms with Gasteiger partial charge in [0.25, 0.3) is 0 Å². The van der Waals surface area contributed by atoms with E-state index in [1.54, 1.807) is 0 Å². The molecule has 31 heavy (non-hydrogen) atoms. The summed E-state index contributed by atoms with van der Waals surface area (Å²) in [5.41, 5.74) is 1.56. The quantitative estimate of drug-likeness (QED) is 0.614. The number of morpholine rings is 1. The Hall–Kier alpha value is -2.46. The molecule has 2 aliphatic rings. The van der Waals surface area contributed by atoms with E-state index in [0.29, 0.717) is 18.5 Å². The van der Waals surface area contributed by atoms with Gasteiger partial charge in [-0.3, -0.25) is 4.90 Å². The molecule has 1 aromatic heterocycles. The number of aliphatic hydroxyl groups excluding tert-OH is 1. The number of benzene rings is 1. The van der Waals surface area contributed by atoms with Gasteiger partial charge in [0.2, 0.25) is 0 Å². The summed E-state index contributed by atoms with van der Waals surface area (Å²) in [6, 6.07) is 10.9. The maximum absolute atomic E-state index is 12.1. The van der Waals surface area contributed by atoms with Crippen LogP contribution in [0.4, 0.5) is 10.5 Å². The summed E-state index contributed by atoms with van der Waals surface area (Å²) in [7, 11) is 0. The smallest absolute Gasteiger partial charge is 0.319 e. The van der Waals surface area contributed by atoms with Gasteiger partial charge in [-0.1, -0.05) is 23.4 Å². The van der Waals surface area contributed by atoms with E-state index in [2.05, 4.69) is 20.7 Å². The second kappa shape index (κ2) is 10.7. The second-order valence-electron chi connectivity index (χ2n) is 8.02. The van der Waals surface area contributed by atoms with Gasteiger partial charge in [-0.25, -0.2) is 4.79 Å². The Kier molecular flexibility index (Phi) is 7.52. The number of para-hydroxylation sites is 1. The zero-order valence-corrected chi connectivity index (χ0v) is 17.5. The molecule has 2 aromatic rings. The van der Waals surface area contributed by atoms with Gasteiger partial charge >= 0.3 is 6.03 Å². The van der Waals surface area contributed by atoms with Crippen molar-refractivity contribution in [1.29, 1.82) is 0 Å². The largest absolute Gasteiger partial charge is 0.390 e. The van der Waals surface area contributed by atoms with Crippen molar-refractivity contribution in [2.45, 2.75) is 44.1 Å². The summed E-state index contributed by atoms with van der Waals surface area (Å²) in [6.07, 6.45) is 0.831. The summed E-state index contributed by atoms with van der Waals surface area (Å²) in [5, 5.41) is 20.0. The Balaban J connectivity index is 1.23. The van der Waals surface area contributed by atoms with Crippen LogP contribution in [0, 0.1) is 0 Å². The van der Waals surface area contributed by atoms with Gasteiger partial charge in [-0.05, 0) is 25.0 Å². The number of rotatable bonds is 7. The first-order valence-electron chi connectivity index (χ1n) is 10.8. The number of nitrogens with one attached hydrogen (secondary N) is 2. The van der Waals surface area contributed by atoms with Crippen LogP contribution in [0.25, 0.3) is 0 Å². The van der Waals surface area contributed by atoms with Crippen molar-refractivity contribution in [1.82, 2.24) is 15.4 Å². The van der Waals surface area contributed by atoms with Crippen molar-refractivity contribution in [3.8, 4) is 0 Å². The number of hydrogen-bond donors (Lipinski definition) is 3. The molecule has 4 rings (SSSR count). The minimum Gasteiger partial charge on any atom is -0.390 e. The van der Waals surface area contributed by atoms with Crippen LogP contribution >= 0.6 is 0 Å². The molecule has 2 fully saturated rings. The molecular weight excluding hydrogens is 400 g/mol. The minimum atomic E-state index is -0.609.